The quantitative estimate of drug-likeness (QED) is 0.570. The molecule has 3 rings (SSSR count). The Morgan fingerprint density at radius 2 is 1.92 bits per heavy atom. The number of hydrogen-bond acceptors (Lipinski definition) is 5. The van der Waals surface area contributed by atoms with Crippen LogP contribution in [0.1, 0.15) is 5.56 Å². The van der Waals surface area contributed by atoms with Crippen LogP contribution in [0.5, 0.6) is 11.5 Å². The third kappa shape index (κ3) is 3.21. The van der Waals surface area contributed by atoms with Crippen molar-refractivity contribution in [3.05, 3.63) is 58.9 Å². The highest BCUT2D eigenvalue weighted by atomic mass is 32.1. The first-order chi connectivity index (χ1) is 11.7. The Morgan fingerprint density at radius 1 is 1.12 bits per heavy atom. The predicted octanol–water partition coefficient (Wildman–Crippen LogP) is 3.51. The van der Waals surface area contributed by atoms with Gasteiger partial charge in [0.2, 0.25) is 4.77 Å². The Hall–Kier alpha value is -2.93. The fourth-order valence-electron chi connectivity index (χ4n) is 2.22. The lowest BCUT2D eigenvalue weighted by Gasteiger charge is -2.09. The van der Waals surface area contributed by atoms with E-state index in [4.69, 9.17) is 21.7 Å². The molecule has 0 bridgehead atoms. The molecule has 7 heteroatoms. The van der Waals surface area contributed by atoms with E-state index in [0.29, 0.717) is 22.1 Å². The van der Waals surface area contributed by atoms with Crippen molar-refractivity contribution < 1.29 is 9.47 Å². The number of nitrogens with one attached hydrogen (secondary N) is 1. The molecule has 2 aromatic carbocycles. The van der Waals surface area contributed by atoms with Crippen LogP contribution in [0.25, 0.3) is 11.4 Å². The van der Waals surface area contributed by atoms with Crippen molar-refractivity contribution in [1.82, 2.24) is 14.9 Å². The second kappa shape index (κ2) is 7.10. The van der Waals surface area contributed by atoms with Gasteiger partial charge in [-0.25, -0.2) is 5.10 Å². The lowest BCUT2D eigenvalue weighted by Crippen LogP contribution is -1.97. The van der Waals surface area contributed by atoms with Gasteiger partial charge in [0.25, 0.3) is 0 Å². The average Bonchev–Trinajstić information content (AvgIpc) is 3.00. The molecule has 0 unspecified atom stereocenters. The predicted molar refractivity (Wildman–Crippen MR) is 95.4 cm³/mol. The van der Waals surface area contributed by atoms with Gasteiger partial charge in [0.15, 0.2) is 5.82 Å². The zero-order valence-electron chi connectivity index (χ0n) is 13.3. The zero-order valence-corrected chi connectivity index (χ0v) is 14.1. The molecule has 1 N–H and O–H groups in total. The van der Waals surface area contributed by atoms with Crippen LogP contribution in [0.2, 0.25) is 0 Å². The van der Waals surface area contributed by atoms with Crippen molar-refractivity contribution in [2.24, 2.45) is 5.10 Å². The van der Waals surface area contributed by atoms with Crippen LogP contribution >= 0.6 is 12.2 Å². The van der Waals surface area contributed by atoms with Gasteiger partial charge in [-0.2, -0.15) is 14.9 Å². The molecule has 24 heavy (non-hydrogen) atoms. The Morgan fingerprint density at radius 3 is 2.62 bits per heavy atom. The summed E-state index contributed by atoms with van der Waals surface area (Å²) in [5.41, 5.74) is 1.73. The molecule has 0 spiro atoms. The van der Waals surface area contributed by atoms with Gasteiger partial charge < -0.3 is 9.47 Å². The zero-order chi connectivity index (χ0) is 16.9. The summed E-state index contributed by atoms with van der Waals surface area (Å²) in [6, 6.07) is 15.2. The fourth-order valence-corrected chi connectivity index (χ4v) is 2.40. The minimum atomic E-state index is 0.398. The van der Waals surface area contributed by atoms with Gasteiger partial charge in [-0.3, -0.25) is 0 Å². The smallest absolute Gasteiger partial charge is 0.216 e. The lowest BCUT2D eigenvalue weighted by atomic mass is 10.2. The summed E-state index contributed by atoms with van der Waals surface area (Å²) in [7, 11) is 3.20. The number of ether oxygens (including phenoxy) is 2. The number of nitrogens with zero attached hydrogens (tertiary/aromatic N) is 3. The highest BCUT2D eigenvalue weighted by Crippen LogP contribution is 2.32. The van der Waals surface area contributed by atoms with Crippen molar-refractivity contribution in [2.75, 3.05) is 14.2 Å². The minimum absolute atomic E-state index is 0.398. The fraction of sp³-hybridized carbons (Fsp3) is 0.118. The monoisotopic (exact) mass is 340 g/mol. The number of aromatic nitrogens is 3. The highest BCUT2D eigenvalue weighted by molar-refractivity contribution is 7.71. The third-order valence-corrected chi connectivity index (χ3v) is 3.69. The molecular formula is C17H16N4O2S. The van der Waals surface area contributed by atoms with E-state index >= 15 is 0 Å². The normalized spacial score (nSPS) is 10.9. The molecule has 122 valence electrons. The third-order valence-electron chi connectivity index (χ3n) is 3.42. The summed E-state index contributed by atoms with van der Waals surface area (Å²) in [5.74, 6) is 1.88. The summed E-state index contributed by atoms with van der Waals surface area (Å²) in [4.78, 5) is 0. The molecule has 1 aromatic heterocycles. The maximum atomic E-state index is 5.44. The lowest BCUT2D eigenvalue weighted by molar-refractivity contribution is 0.395. The van der Waals surface area contributed by atoms with Gasteiger partial charge in [-0.1, -0.05) is 30.3 Å². The molecule has 0 aliphatic rings. The van der Waals surface area contributed by atoms with Gasteiger partial charge in [0, 0.05) is 6.07 Å². The van der Waals surface area contributed by atoms with Gasteiger partial charge in [-0.15, -0.1) is 0 Å². The molecule has 0 aliphatic heterocycles. The number of rotatable bonds is 5. The first-order valence-electron chi connectivity index (χ1n) is 7.22. The molecule has 0 atom stereocenters. The van der Waals surface area contributed by atoms with Crippen LogP contribution < -0.4 is 9.47 Å². The molecule has 0 saturated carbocycles. The van der Waals surface area contributed by atoms with Crippen LogP contribution in [0, 0.1) is 4.77 Å². The van der Waals surface area contributed by atoms with Crippen molar-refractivity contribution in [3.8, 4) is 22.9 Å². The summed E-state index contributed by atoms with van der Waals surface area (Å²) >= 11 is 5.28. The van der Waals surface area contributed by atoms with E-state index in [1.165, 1.54) is 0 Å². The summed E-state index contributed by atoms with van der Waals surface area (Å²) in [6.07, 6.45) is 1.73. The molecule has 3 aromatic rings. The van der Waals surface area contributed by atoms with E-state index in [1.54, 1.807) is 31.2 Å². The number of H-pyrrole nitrogens is 1. The molecule has 0 saturated heterocycles. The van der Waals surface area contributed by atoms with Crippen LogP contribution in [0.15, 0.2) is 53.6 Å². The van der Waals surface area contributed by atoms with Crippen molar-refractivity contribution >= 4 is 18.4 Å². The topological polar surface area (TPSA) is 64.4 Å². The SMILES string of the molecule is COc1ccc(-c2n[nH]c(=S)n2/N=C\c2ccccc2)c(OC)c1. The molecule has 0 amide bonds. The van der Waals surface area contributed by atoms with E-state index in [0.717, 1.165) is 11.1 Å². The summed E-state index contributed by atoms with van der Waals surface area (Å²) in [6.45, 7) is 0. The van der Waals surface area contributed by atoms with Crippen molar-refractivity contribution in [2.45, 2.75) is 0 Å². The van der Waals surface area contributed by atoms with Crippen LogP contribution in [-0.4, -0.2) is 35.3 Å². The van der Waals surface area contributed by atoms with E-state index < -0.39 is 0 Å². The minimum Gasteiger partial charge on any atom is -0.497 e. The Kier molecular flexibility index (Phi) is 4.72. The van der Waals surface area contributed by atoms with Crippen molar-refractivity contribution in [1.29, 1.82) is 0 Å². The first-order valence-corrected chi connectivity index (χ1v) is 7.63. The Bertz CT molecular complexity index is 916. The molecule has 6 nitrogen and oxygen atoms in total. The number of benzene rings is 2. The van der Waals surface area contributed by atoms with Crippen molar-refractivity contribution in [3.63, 3.8) is 0 Å². The molecule has 0 fully saturated rings. The second-order valence-corrected chi connectivity index (χ2v) is 5.27. The maximum absolute atomic E-state index is 5.44. The summed E-state index contributed by atoms with van der Waals surface area (Å²) < 4.78 is 12.6. The van der Waals surface area contributed by atoms with Crippen LogP contribution in [0.3, 0.4) is 0 Å². The van der Waals surface area contributed by atoms with Gasteiger partial charge in [0.05, 0.1) is 26.0 Å². The molecular weight excluding hydrogens is 324 g/mol. The average molecular weight is 340 g/mol. The Labute approximate surface area is 144 Å². The van der Waals surface area contributed by atoms with Gasteiger partial charge >= 0.3 is 0 Å². The Balaban J connectivity index is 2.05. The van der Waals surface area contributed by atoms with Gasteiger partial charge in [-0.05, 0) is 29.9 Å². The van der Waals surface area contributed by atoms with E-state index in [1.807, 2.05) is 42.5 Å². The van der Waals surface area contributed by atoms with Crippen LogP contribution in [0.4, 0.5) is 0 Å². The van der Waals surface area contributed by atoms with Gasteiger partial charge in [0.1, 0.15) is 11.5 Å². The number of aromatic amines is 1. The van der Waals surface area contributed by atoms with E-state index in [-0.39, 0.29) is 0 Å². The largest absolute Gasteiger partial charge is 0.497 e. The molecule has 1 heterocycles. The second-order valence-electron chi connectivity index (χ2n) is 4.89. The molecule has 0 aliphatic carbocycles. The highest BCUT2D eigenvalue weighted by Gasteiger charge is 2.14. The van der Waals surface area contributed by atoms with E-state index in [9.17, 15) is 0 Å². The number of methoxy groups -OCH3 is 2. The molecule has 0 radical (unpaired) electrons. The maximum Gasteiger partial charge on any atom is 0.216 e. The van der Waals surface area contributed by atoms with Crippen LogP contribution in [-0.2, 0) is 0 Å². The van der Waals surface area contributed by atoms with E-state index in [2.05, 4.69) is 15.3 Å². The summed E-state index contributed by atoms with van der Waals surface area (Å²) in [5, 5.41) is 11.5. The first kappa shape index (κ1) is 15.9. The standard InChI is InChI=1S/C17H16N4O2S/c1-22-13-8-9-14(15(10-13)23-2)16-19-20-17(24)21(16)18-11-12-6-4-3-5-7-12/h3-11H,1-2H3,(H,20,24)/b18-11-. The number of hydrogen-bond donors (Lipinski definition) is 1.